The van der Waals surface area contributed by atoms with Gasteiger partial charge < -0.3 is 0 Å². The van der Waals surface area contributed by atoms with Crippen LogP contribution in [0.25, 0.3) is 0 Å². The summed E-state index contributed by atoms with van der Waals surface area (Å²) in [6.07, 6.45) is 3.14. The maximum Gasteiger partial charge on any atom is -0.0325 e. The Morgan fingerprint density at radius 2 is 1.33 bits per heavy atom. The van der Waals surface area contributed by atoms with E-state index in [4.69, 9.17) is 0 Å². The zero-order valence-corrected chi connectivity index (χ0v) is 10.1. The average Bonchev–Trinajstić information content (AvgIpc) is 2.12. The first-order valence-electron chi connectivity index (χ1n) is 5.29. The van der Waals surface area contributed by atoms with Crippen LogP contribution in [0.2, 0.25) is 0 Å². The predicted octanol–water partition coefficient (Wildman–Crippen LogP) is 4.91. The third-order valence-electron chi connectivity index (χ3n) is 1.68. The summed E-state index contributed by atoms with van der Waals surface area (Å²) in [4.78, 5) is 0. The lowest BCUT2D eigenvalue weighted by atomic mass is 9.95. The van der Waals surface area contributed by atoms with Crippen molar-refractivity contribution in [3.63, 3.8) is 0 Å². The number of hydrogen-bond acceptors (Lipinski definition) is 0. The van der Waals surface area contributed by atoms with Crippen molar-refractivity contribution in [3.05, 3.63) is 12.7 Å². The van der Waals surface area contributed by atoms with Crippen molar-refractivity contribution in [2.75, 3.05) is 0 Å². The van der Waals surface area contributed by atoms with Gasteiger partial charge in [-0.3, -0.25) is 0 Å². The van der Waals surface area contributed by atoms with Crippen LogP contribution in [-0.2, 0) is 0 Å². The Morgan fingerprint density at radius 1 is 1.00 bits per heavy atom. The highest BCUT2D eigenvalue weighted by molar-refractivity contribution is 4.71. The summed E-state index contributed by atoms with van der Waals surface area (Å²) in [6.45, 7) is 18.4. The Bertz CT molecular complexity index is 62.4. The molecular weight excluding hydrogens is 144 g/mol. The second kappa shape index (κ2) is 17.0. The predicted molar refractivity (Wildman–Crippen MR) is 61.5 cm³/mol. The maximum atomic E-state index is 3.68. The van der Waals surface area contributed by atoms with Crippen molar-refractivity contribution in [1.29, 1.82) is 0 Å². The van der Waals surface area contributed by atoms with E-state index in [1.165, 1.54) is 0 Å². The van der Waals surface area contributed by atoms with E-state index < -0.39 is 0 Å². The normalized spacial score (nSPS) is 10.3. The highest BCUT2D eigenvalue weighted by Crippen LogP contribution is 2.13. The van der Waals surface area contributed by atoms with Gasteiger partial charge in [0.15, 0.2) is 0 Å². The molecule has 0 aliphatic rings. The molecule has 0 N–H and O–H groups in total. The topological polar surface area (TPSA) is 0 Å². The number of rotatable bonds is 3. The standard InChI is InChI=1S/C8H16.2C2H6/c1-5-6-8(4)7(2)3;2*1-2/h5,7-8H,1,6H2,2-4H3;2*1-2H3. The molecule has 1 atom stereocenters. The molecule has 1 unspecified atom stereocenters. The molecule has 12 heavy (non-hydrogen) atoms. The van der Waals surface area contributed by atoms with Gasteiger partial charge in [-0.25, -0.2) is 0 Å². The van der Waals surface area contributed by atoms with Crippen LogP contribution in [0.5, 0.6) is 0 Å². The second-order valence-corrected chi connectivity index (χ2v) is 2.75. The van der Waals surface area contributed by atoms with E-state index in [0.717, 1.165) is 18.3 Å². The van der Waals surface area contributed by atoms with Gasteiger partial charge in [0.25, 0.3) is 0 Å². The molecule has 0 rings (SSSR count). The molecule has 0 saturated heterocycles. The van der Waals surface area contributed by atoms with Crippen LogP contribution in [0.1, 0.15) is 54.9 Å². The largest absolute Gasteiger partial charge is 0.103 e. The molecular formula is C12H28. The third-order valence-corrected chi connectivity index (χ3v) is 1.68. The summed E-state index contributed by atoms with van der Waals surface area (Å²) >= 11 is 0. The van der Waals surface area contributed by atoms with Crippen molar-refractivity contribution in [3.8, 4) is 0 Å². The van der Waals surface area contributed by atoms with Crippen LogP contribution in [-0.4, -0.2) is 0 Å². The van der Waals surface area contributed by atoms with E-state index in [1.807, 2.05) is 33.8 Å². The fraction of sp³-hybridized carbons (Fsp3) is 0.833. The van der Waals surface area contributed by atoms with Crippen molar-refractivity contribution < 1.29 is 0 Å². The van der Waals surface area contributed by atoms with Crippen molar-refractivity contribution >= 4 is 0 Å². The van der Waals surface area contributed by atoms with Gasteiger partial charge in [0.1, 0.15) is 0 Å². The first-order chi connectivity index (χ1) is 5.68. The molecule has 0 heterocycles. The first-order valence-corrected chi connectivity index (χ1v) is 5.29. The van der Waals surface area contributed by atoms with Crippen LogP contribution >= 0.6 is 0 Å². The van der Waals surface area contributed by atoms with E-state index in [1.54, 1.807) is 0 Å². The number of allylic oxidation sites excluding steroid dienone is 1. The Labute approximate surface area is 80.1 Å². The van der Waals surface area contributed by atoms with Crippen molar-refractivity contribution in [2.24, 2.45) is 11.8 Å². The van der Waals surface area contributed by atoms with Crippen LogP contribution in [0.15, 0.2) is 12.7 Å². The first kappa shape index (κ1) is 17.7. The fourth-order valence-electron chi connectivity index (χ4n) is 0.535. The summed E-state index contributed by atoms with van der Waals surface area (Å²) in [5.74, 6) is 1.60. The average molecular weight is 172 g/mol. The SMILES string of the molecule is C=CCC(C)C(C)C.CC.CC. The Kier molecular flexibility index (Phi) is 25.1. The molecule has 0 aliphatic carbocycles. The smallest absolute Gasteiger partial charge is 0.0325 e. The van der Waals surface area contributed by atoms with Crippen LogP contribution < -0.4 is 0 Å². The lowest BCUT2D eigenvalue weighted by Crippen LogP contribution is -2.01. The number of hydrogen-bond donors (Lipinski definition) is 0. The van der Waals surface area contributed by atoms with Gasteiger partial charge in [0, 0.05) is 0 Å². The third kappa shape index (κ3) is 16.4. The van der Waals surface area contributed by atoms with Crippen LogP contribution in [0, 0.1) is 11.8 Å². The minimum Gasteiger partial charge on any atom is -0.103 e. The summed E-state index contributed by atoms with van der Waals surface area (Å²) in [6, 6.07) is 0. The van der Waals surface area contributed by atoms with Crippen LogP contribution in [0.4, 0.5) is 0 Å². The van der Waals surface area contributed by atoms with Gasteiger partial charge in [-0.2, -0.15) is 0 Å². The van der Waals surface area contributed by atoms with Gasteiger partial charge in [-0.15, -0.1) is 6.58 Å². The minimum absolute atomic E-state index is 0.799. The summed E-state index contributed by atoms with van der Waals surface area (Å²) in [5, 5.41) is 0. The summed E-state index contributed by atoms with van der Waals surface area (Å²) in [7, 11) is 0. The molecule has 0 aromatic rings. The molecule has 0 bridgehead atoms. The maximum absolute atomic E-state index is 3.68. The van der Waals surface area contributed by atoms with E-state index in [9.17, 15) is 0 Å². The molecule has 0 aromatic carbocycles. The molecule has 0 aliphatic heterocycles. The Morgan fingerprint density at radius 3 is 1.42 bits per heavy atom. The Hall–Kier alpha value is -0.260. The lowest BCUT2D eigenvalue weighted by Gasteiger charge is -2.11. The van der Waals surface area contributed by atoms with Gasteiger partial charge in [0.05, 0.1) is 0 Å². The minimum atomic E-state index is 0.799. The van der Waals surface area contributed by atoms with Crippen molar-refractivity contribution in [2.45, 2.75) is 54.9 Å². The monoisotopic (exact) mass is 172 g/mol. The van der Waals surface area contributed by atoms with E-state index in [0.29, 0.717) is 0 Å². The van der Waals surface area contributed by atoms with Crippen molar-refractivity contribution in [1.82, 2.24) is 0 Å². The van der Waals surface area contributed by atoms with Gasteiger partial charge in [-0.1, -0.05) is 54.5 Å². The fourth-order valence-corrected chi connectivity index (χ4v) is 0.535. The molecule has 0 amide bonds. The molecule has 0 nitrogen and oxygen atoms in total. The highest BCUT2D eigenvalue weighted by atomic mass is 14.1. The van der Waals surface area contributed by atoms with Crippen LogP contribution in [0.3, 0.4) is 0 Å². The molecule has 0 aromatic heterocycles. The zero-order chi connectivity index (χ0) is 10.6. The van der Waals surface area contributed by atoms with E-state index in [2.05, 4.69) is 27.4 Å². The molecule has 0 saturated carbocycles. The lowest BCUT2D eigenvalue weighted by molar-refractivity contribution is 0.424. The Balaban J connectivity index is -0.000000175. The van der Waals surface area contributed by atoms with Gasteiger partial charge in [-0.05, 0) is 18.3 Å². The molecule has 0 radical (unpaired) electrons. The quantitative estimate of drug-likeness (QED) is 0.531. The zero-order valence-electron chi connectivity index (χ0n) is 10.1. The molecule has 0 fully saturated rings. The van der Waals surface area contributed by atoms with E-state index >= 15 is 0 Å². The van der Waals surface area contributed by atoms with E-state index in [-0.39, 0.29) is 0 Å². The van der Waals surface area contributed by atoms with Gasteiger partial charge in [0.2, 0.25) is 0 Å². The highest BCUT2D eigenvalue weighted by Gasteiger charge is 2.02. The molecule has 76 valence electrons. The summed E-state index contributed by atoms with van der Waals surface area (Å²) in [5.41, 5.74) is 0. The van der Waals surface area contributed by atoms with Gasteiger partial charge >= 0.3 is 0 Å². The summed E-state index contributed by atoms with van der Waals surface area (Å²) < 4.78 is 0. The molecule has 0 spiro atoms. The molecule has 0 heteroatoms. The second-order valence-electron chi connectivity index (χ2n) is 2.75.